The number of hydrogen-bond acceptors (Lipinski definition) is 6. The van der Waals surface area contributed by atoms with Crippen LogP contribution in [0.5, 0.6) is 0 Å². The largest absolute Gasteiger partial charge is 0.329 e. The highest BCUT2D eigenvalue weighted by atomic mass is 32.1. The van der Waals surface area contributed by atoms with Crippen molar-refractivity contribution in [2.45, 2.75) is 104 Å². The molecule has 0 bridgehead atoms. The van der Waals surface area contributed by atoms with Gasteiger partial charge in [0.25, 0.3) is 5.56 Å². The smallest absolute Gasteiger partial charge is 0.297 e. The molecule has 0 aliphatic heterocycles. The van der Waals surface area contributed by atoms with Crippen molar-refractivity contribution in [2.24, 2.45) is 0 Å². The van der Waals surface area contributed by atoms with Crippen molar-refractivity contribution in [1.29, 1.82) is 0 Å². The first kappa shape index (κ1) is 26.7. The Balaban J connectivity index is 1.40. The fourth-order valence-corrected chi connectivity index (χ4v) is 6.57. The van der Waals surface area contributed by atoms with E-state index in [1.807, 2.05) is 12.1 Å². The third kappa shape index (κ3) is 6.68. The predicted octanol–water partition coefficient (Wildman–Crippen LogP) is 6.51. The Hall–Kier alpha value is -2.39. The average Bonchev–Trinajstić information content (AvgIpc) is 3.49. The topological polar surface area (TPSA) is 75.7 Å². The lowest BCUT2D eigenvalue weighted by Gasteiger charge is -2.03. The Morgan fingerprint density at radius 1 is 0.778 bits per heavy atom. The summed E-state index contributed by atoms with van der Waals surface area (Å²) >= 11 is 3.23. The van der Waals surface area contributed by atoms with Crippen molar-refractivity contribution < 1.29 is 4.54 Å². The maximum absolute atomic E-state index is 13.1. The molecule has 0 fully saturated rings. The minimum absolute atomic E-state index is 0.0403. The van der Waals surface area contributed by atoms with Gasteiger partial charge in [-0.15, -0.1) is 22.7 Å². The summed E-state index contributed by atoms with van der Waals surface area (Å²) in [6.07, 6.45) is 17.5. The van der Waals surface area contributed by atoms with E-state index in [0.717, 1.165) is 39.9 Å². The molecule has 0 aromatic carbocycles. The van der Waals surface area contributed by atoms with E-state index in [4.69, 9.17) is 0 Å². The number of unbranched alkanes of at least 4 members (excludes halogenated alkanes) is 8. The molecule has 7 nitrogen and oxygen atoms in total. The molecule has 0 saturated carbocycles. The van der Waals surface area contributed by atoms with Crippen LogP contribution in [0, 0.1) is 4.91 Å². The molecule has 4 aromatic heterocycles. The van der Waals surface area contributed by atoms with Gasteiger partial charge in [-0.25, -0.2) is 9.97 Å². The van der Waals surface area contributed by atoms with Gasteiger partial charge in [-0.3, -0.25) is 9.36 Å². The lowest BCUT2D eigenvalue weighted by Crippen LogP contribution is -2.34. The molecular formula is C27H38N5O2S2+. The molecule has 194 valence electrons. The summed E-state index contributed by atoms with van der Waals surface area (Å²) in [5, 5.41) is 0.682. The zero-order chi connectivity index (χ0) is 25.3. The normalized spacial score (nSPS) is 11.7. The number of aromatic nitrogens is 5. The second-order valence-corrected chi connectivity index (χ2v) is 11.8. The number of hydrogen-bond donors (Lipinski definition) is 0. The van der Waals surface area contributed by atoms with Gasteiger partial charge in [0.2, 0.25) is 0 Å². The van der Waals surface area contributed by atoms with Gasteiger partial charge in [-0.2, -0.15) is 0 Å². The van der Waals surface area contributed by atoms with Crippen molar-refractivity contribution in [3.05, 3.63) is 49.8 Å². The van der Waals surface area contributed by atoms with Crippen LogP contribution in [0.2, 0.25) is 0 Å². The van der Waals surface area contributed by atoms with E-state index in [1.165, 1.54) is 65.8 Å². The van der Waals surface area contributed by atoms with Crippen LogP contribution in [-0.2, 0) is 25.9 Å². The molecule has 0 spiro atoms. The highest BCUT2D eigenvalue weighted by molar-refractivity contribution is 7.18. The minimum Gasteiger partial charge on any atom is -0.297 e. The van der Waals surface area contributed by atoms with Gasteiger partial charge in [0.05, 0.1) is 23.2 Å². The fourth-order valence-electron chi connectivity index (χ4n) is 4.53. The summed E-state index contributed by atoms with van der Waals surface area (Å²) in [6.45, 7) is 5.18. The van der Waals surface area contributed by atoms with Gasteiger partial charge in [0, 0.05) is 15.8 Å². The van der Waals surface area contributed by atoms with Crippen LogP contribution in [0.1, 0.15) is 87.8 Å². The first-order valence-electron chi connectivity index (χ1n) is 13.5. The van der Waals surface area contributed by atoms with Gasteiger partial charge in [-0.05, 0) is 31.7 Å². The quantitative estimate of drug-likeness (QED) is 0.130. The second kappa shape index (κ2) is 13.2. The van der Waals surface area contributed by atoms with E-state index >= 15 is 0 Å². The van der Waals surface area contributed by atoms with Crippen LogP contribution in [0.3, 0.4) is 0 Å². The summed E-state index contributed by atoms with van der Waals surface area (Å²) in [6, 6.07) is 3.99. The van der Waals surface area contributed by atoms with E-state index in [9.17, 15) is 9.70 Å². The molecule has 0 atom stereocenters. The summed E-state index contributed by atoms with van der Waals surface area (Å²) in [7, 11) is 0. The SMILES string of the molecule is CCCCCCCc1cc2c(=O)n(CCn3cnc4sc(CCCCCCC)cc4[n+]3=O)cnc2s1. The second-order valence-electron chi connectivity index (χ2n) is 9.59. The minimum atomic E-state index is -0.0403. The summed E-state index contributed by atoms with van der Waals surface area (Å²) in [5.41, 5.74) is 0.565. The highest BCUT2D eigenvalue weighted by Crippen LogP contribution is 2.24. The number of rotatable bonds is 15. The summed E-state index contributed by atoms with van der Waals surface area (Å²) in [5.74, 6) is 0. The maximum atomic E-state index is 13.1. The molecule has 4 aromatic rings. The average molecular weight is 529 g/mol. The molecular weight excluding hydrogens is 490 g/mol. The highest BCUT2D eigenvalue weighted by Gasteiger charge is 2.17. The molecule has 0 aliphatic rings. The first-order chi connectivity index (χ1) is 17.6. The molecule has 0 saturated heterocycles. The maximum Gasteiger partial charge on any atom is 0.329 e. The predicted molar refractivity (Wildman–Crippen MR) is 150 cm³/mol. The van der Waals surface area contributed by atoms with Gasteiger partial charge >= 0.3 is 5.52 Å². The van der Waals surface area contributed by atoms with Crippen molar-refractivity contribution in [3.8, 4) is 0 Å². The molecule has 4 rings (SSSR count). The number of fused-ring (bicyclic) bond motifs is 2. The zero-order valence-electron chi connectivity index (χ0n) is 21.6. The summed E-state index contributed by atoms with van der Waals surface area (Å²) < 4.78 is 4.05. The Bertz CT molecular complexity index is 1280. The standard InChI is InChI=1S/C27H38N5O2S2/c1-3-5-7-9-11-13-21-17-23-25(35-21)28-19-30(27(23)33)15-16-31-20-29-26-24(32(31)34)18-22(36-26)14-12-10-8-6-4-2/h17-20H,3-16H2,1-2H3/q+1. The lowest BCUT2D eigenvalue weighted by atomic mass is 10.1. The Morgan fingerprint density at radius 2 is 1.39 bits per heavy atom. The van der Waals surface area contributed by atoms with Crippen LogP contribution in [0.4, 0.5) is 0 Å². The molecule has 0 unspecified atom stereocenters. The molecule has 0 aliphatic carbocycles. The van der Waals surface area contributed by atoms with E-state index in [0.29, 0.717) is 24.0 Å². The Labute approximate surface area is 220 Å². The number of thiophene rings is 2. The molecule has 0 N–H and O–H groups in total. The molecule has 36 heavy (non-hydrogen) atoms. The molecule has 0 radical (unpaired) electrons. The van der Waals surface area contributed by atoms with Crippen molar-refractivity contribution in [1.82, 2.24) is 19.2 Å². The third-order valence-electron chi connectivity index (χ3n) is 6.68. The Kier molecular flexibility index (Phi) is 9.81. The molecule has 4 heterocycles. The third-order valence-corrected chi connectivity index (χ3v) is 8.88. The molecule has 0 amide bonds. The van der Waals surface area contributed by atoms with Gasteiger partial charge in [0.15, 0.2) is 15.7 Å². The van der Waals surface area contributed by atoms with E-state index < -0.39 is 0 Å². The fraction of sp³-hybridized carbons (Fsp3) is 0.593. The van der Waals surface area contributed by atoms with Crippen LogP contribution >= 0.6 is 22.7 Å². The number of nitrogens with zero attached hydrogens (tertiary/aromatic N) is 5. The first-order valence-corrected chi connectivity index (χ1v) is 15.1. The number of aryl methyl sites for hydroxylation is 4. The Morgan fingerprint density at radius 3 is 2.08 bits per heavy atom. The van der Waals surface area contributed by atoms with Crippen LogP contribution in [0.15, 0.2) is 29.6 Å². The zero-order valence-corrected chi connectivity index (χ0v) is 23.2. The van der Waals surface area contributed by atoms with Gasteiger partial charge in [0.1, 0.15) is 11.4 Å². The van der Waals surface area contributed by atoms with Gasteiger partial charge < -0.3 is 0 Å². The van der Waals surface area contributed by atoms with Crippen LogP contribution in [0.25, 0.3) is 20.6 Å². The monoisotopic (exact) mass is 528 g/mol. The van der Waals surface area contributed by atoms with Crippen molar-refractivity contribution in [3.63, 3.8) is 0 Å². The van der Waals surface area contributed by atoms with E-state index in [-0.39, 0.29) is 5.56 Å². The van der Waals surface area contributed by atoms with E-state index in [1.54, 1.807) is 39.9 Å². The molecule has 9 heteroatoms. The van der Waals surface area contributed by atoms with E-state index in [2.05, 4.69) is 23.8 Å². The van der Waals surface area contributed by atoms with Crippen LogP contribution < -0.4 is 10.1 Å². The summed E-state index contributed by atoms with van der Waals surface area (Å²) in [4.78, 5) is 39.1. The van der Waals surface area contributed by atoms with Crippen LogP contribution in [-0.4, -0.2) is 19.2 Å². The van der Waals surface area contributed by atoms with Crippen molar-refractivity contribution in [2.75, 3.05) is 0 Å². The lowest BCUT2D eigenvalue weighted by molar-refractivity contribution is -0.573. The van der Waals surface area contributed by atoms with Crippen molar-refractivity contribution >= 4 is 43.2 Å². The van der Waals surface area contributed by atoms with Gasteiger partial charge in [-0.1, -0.05) is 69.9 Å².